The van der Waals surface area contributed by atoms with Crippen LogP contribution in [0.3, 0.4) is 0 Å². The maximum Gasteiger partial charge on any atom is 0.248 e. The Hall–Kier alpha value is -3.25. The van der Waals surface area contributed by atoms with Crippen molar-refractivity contribution >= 4 is 17.7 Å². The number of benzene rings is 1. The monoisotopic (exact) mass is 361 g/mol. The Labute approximate surface area is 159 Å². The zero-order valence-corrected chi connectivity index (χ0v) is 15.8. The van der Waals surface area contributed by atoms with Crippen LogP contribution < -0.4 is 5.32 Å². The minimum absolute atomic E-state index is 0.182. The van der Waals surface area contributed by atoms with Crippen LogP contribution >= 0.6 is 0 Å². The van der Waals surface area contributed by atoms with Gasteiger partial charge < -0.3 is 10.2 Å². The number of pyridine rings is 1. The Morgan fingerprint density at radius 2 is 2.11 bits per heavy atom. The first kappa shape index (κ1) is 18.5. The minimum atomic E-state index is -0.182. The highest BCUT2D eigenvalue weighted by Gasteiger charge is 2.06. The van der Waals surface area contributed by atoms with Crippen molar-refractivity contribution in [2.24, 2.45) is 7.05 Å². The lowest BCUT2D eigenvalue weighted by Crippen LogP contribution is -2.12. The van der Waals surface area contributed by atoms with Crippen LogP contribution in [0.2, 0.25) is 0 Å². The number of nitrogens with zero attached hydrogens (tertiary/aromatic N) is 4. The second-order valence-electron chi connectivity index (χ2n) is 6.63. The standard InChI is InChI=1S/C21H23N5O/c1-25(2)14-16-5-4-6-19(11-16)24-21(27)8-7-17-12-22-10-9-20(17)18-13-23-26(3)15-18/h4-13,15H,14H2,1-3H3,(H,24,27)/b8-7+. The number of aromatic nitrogens is 3. The molecule has 0 spiro atoms. The van der Waals surface area contributed by atoms with Crippen LogP contribution in [0.1, 0.15) is 11.1 Å². The van der Waals surface area contributed by atoms with Gasteiger partial charge in [-0.1, -0.05) is 12.1 Å². The second-order valence-corrected chi connectivity index (χ2v) is 6.63. The van der Waals surface area contributed by atoms with E-state index in [1.165, 1.54) is 6.08 Å². The highest BCUT2D eigenvalue weighted by molar-refractivity contribution is 6.02. The number of anilines is 1. The van der Waals surface area contributed by atoms with Crippen molar-refractivity contribution in [3.05, 3.63) is 72.3 Å². The van der Waals surface area contributed by atoms with Gasteiger partial charge in [0.05, 0.1) is 6.20 Å². The molecule has 0 saturated heterocycles. The fourth-order valence-electron chi connectivity index (χ4n) is 2.82. The quantitative estimate of drug-likeness (QED) is 0.685. The van der Waals surface area contributed by atoms with Crippen LogP contribution in [0.5, 0.6) is 0 Å². The molecule has 0 atom stereocenters. The maximum absolute atomic E-state index is 12.3. The molecule has 1 N–H and O–H groups in total. The molecule has 0 fully saturated rings. The lowest BCUT2D eigenvalue weighted by atomic mass is 10.0. The Morgan fingerprint density at radius 1 is 1.26 bits per heavy atom. The molecule has 2 aromatic heterocycles. The summed E-state index contributed by atoms with van der Waals surface area (Å²) in [4.78, 5) is 18.6. The molecule has 3 aromatic rings. The third-order valence-electron chi connectivity index (χ3n) is 3.98. The number of rotatable bonds is 6. The van der Waals surface area contributed by atoms with Crippen LogP contribution in [0.15, 0.2) is 61.2 Å². The van der Waals surface area contributed by atoms with Gasteiger partial charge in [0.15, 0.2) is 0 Å². The van der Waals surface area contributed by atoms with E-state index >= 15 is 0 Å². The molecule has 138 valence electrons. The molecule has 0 unspecified atom stereocenters. The number of hydrogen-bond acceptors (Lipinski definition) is 4. The first-order chi connectivity index (χ1) is 13.0. The average Bonchev–Trinajstić information content (AvgIpc) is 3.06. The molecule has 2 heterocycles. The minimum Gasteiger partial charge on any atom is -0.323 e. The van der Waals surface area contributed by atoms with Crippen LogP contribution in [-0.2, 0) is 18.4 Å². The smallest absolute Gasteiger partial charge is 0.248 e. The van der Waals surface area contributed by atoms with E-state index in [9.17, 15) is 4.79 Å². The van der Waals surface area contributed by atoms with E-state index in [1.807, 2.05) is 57.7 Å². The molecule has 6 heteroatoms. The summed E-state index contributed by atoms with van der Waals surface area (Å²) < 4.78 is 1.75. The third kappa shape index (κ3) is 5.12. The third-order valence-corrected chi connectivity index (χ3v) is 3.98. The Kier molecular flexibility index (Phi) is 5.78. The van der Waals surface area contributed by atoms with E-state index in [-0.39, 0.29) is 5.91 Å². The molecule has 1 amide bonds. The van der Waals surface area contributed by atoms with Crippen molar-refractivity contribution in [1.29, 1.82) is 0 Å². The van der Waals surface area contributed by atoms with Crippen molar-refractivity contribution in [1.82, 2.24) is 19.7 Å². The molecule has 3 rings (SSSR count). The summed E-state index contributed by atoms with van der Waals surface area (Å²) in [5, 5.41) is 7.11. The summed E-state index contributed by atoms with van der Waals surface area (Å²) in [5.74, 6) is -0.182. The predicted octanol–water partition coefficient (Wildman–Crippen LogP) is 3.20. The lowest BCUT2D eigenvalue weighted by Gasteiger charge is -2.11. The van der Waals surface area contributed by atoms with Crippen molar-refractivity contribution in [3.8, 4) is 11.1 Å². The topological polar surface area (TPSA) is 63.1 Å². The highest BCUT2D eigenvalue weighted by Crippen LogP contribution is 2.23. The predicted molar refractivity (Wildman–Crippen MR) is 108 cm³/mol. The SMILES string of the molecule is CN(C)Cc1cccc(NC(=O)/C=C/c2cnccc2-c2cnn(C)c2)c1. The van der Waals surface area contributed by atoms with Gasteiger partial charge >= 0.3 is 0 Å². The lowest BCUT2D eigenvalue weighted by molar-refractivity contribution is -0.111. The van der Waals surface area contributed by atoms with Crippen LogP contribution in [0.4, 0.5) is 5.69 Å². The number of amides is 1. The van der Waals surface area contributed by atoms with Gasteiger partial charge in [-0.15, -0.1) is 0 Å². The molecule has 0 aliphatic heterocycles. The van der Waals surface area contributed by atoms with Gasteiger partial charge in [-0.2, -0.15) is 5.10 Å². The first-order valence-electron chi connectivity index (χ1n) is 8.67. The molecule has 27 heavy (non-hydrogen) atoms. The number of aryl methyl sites for hydroxylation is 1. The van der Waals surface area contributed by atoms with Crippen molar-refractivity contribution in [2.45, 2.75) is 6.54 Å². The zero-order chi connectivity index (χ0) is 19.2. The van der Waals surface area contributed by atoms with Gasteiger partial charge in [-0.3, -0.25) is 14.5 Å². The Morgan fingerprint density at radius 3 is 2.85 bits per heavy atom. The number of carbonyl (C=O) groups excluding carboxylic acids is 1. The Bertz CT molecular complexity index is 958. The number of carbonyl (C=O) groups is 1. The van der Waals surface area contributed by atoms with Gasteiger partial charge in [0.1, 0.15) is 0 Å². The van der Waals surface area contributed by atoms with E-state index < -0.39 is 0 Å². The molecule has 6 nitrogen and oxygen atoms in total. The number of hydrogen-bond donors (Lipinski definition) is 1. The van der Waals surface area contributed by atoms with Gasteiger partial charge in [0, 0.05) is 55.1 Å². The summed E-state index contributed by atoms with van der Waals surface area (Å²) >= 11 is 0. The van der Waals surface area contributed by atoms with Gasteiger partial charge in [-0.05, 0) is 49.5 Å². The molecular weight excluding hydrogens is 338 g/mol. The number of nitrogens with one attached hydrogen (secondary N) is 1. The van der Waals surface area contributed by atoms with Gasteiger partial charge in [-0.25, -0.2) is 0 Å². The normalized spacial score (nSPS) is 11.3. The van der Waals surface area contributed by atoms with Gasteiger partial charge in [0.2, 0.25) is 5.91 Å². The molecule has 0 aliphatic rings. The summed E-state index contributed by atoms with van der Waals surface area (Å²) in [6.45, 7) is 0.823. The van der Waals surface area contributed by atoms with Crippen LogP contribution in [-0.4, -0.2) is 39.7 Å². The molecule has 0 saturated carbocycles. The van der Waals surface area contributed by atoms with Gasteiger partial charge in [0.25, 0.3) is 0 Å². The van der Waals surface area contributed by atoms with Crippen LogP contribution in [0, 0.1) is 0 Å². The highest BCUT2D eigenvalue weighted by atomic mass is 16.1. The second kappa shape index (κ2) is 8.42. The van der Waals surface area contributed by atoms with E-state index in [1.54, 1.807) is 29.3 Å². The first-order valence-corrected chi connectivity index (χ1v) is 8.67. The fourth-order valence-corrected chi connectivity index (χ4v) is 2.82. The van der Waals surface area contributed by atoms with Crippen molar-refractivity contribution in [2.75, 3.05) is 19.4 Å². The van der Waals surface area contributed by atoms with E-state index in [0.29, 0.717) is 0 Å². The van der Waals surface area contributed by atoms with E-state index in [4.69, 9.17) is 0 Å². The Balaban J connectivity index is 1.73. The summed E-state index contributed by atoms with van der Waals surface area (Å²) in [7, 11) is 5.90. The molecular formula is C21H23N5O. The maximum atomic E-state index is 12.3. The largest absolute Gasteiger partial charge is 0.323 e. The van der Waals surface area contributed by atoms with Crippen LogP contribution in [0.25, 0.3) is 17.2 Å². The molecule has 0 bridgehead atoms. The zero-order valence-electron chi connectivity index (χ0n) is 15.8. The molecule has 1 aromatic carbocycles. The molecule has 0 aliphatic carbocycles. The fraction of sp³-hybridized carbons (Fsp3) is 0.190. The summed E-state index contributed by atoms with van der Waals surface area (Å²) in [6, 6.07) is 9.77. The van der Waals surface area contributed by atoms with Crippen molar-refractivity contribution in [3.63, 3.8) is 0 Å². The van der Waals surface area contributed by atoms with E-state index in [2.05, 4.69) is 20.3 Å². The molecule has 0 radical (unpaired) electrons. The van der Waals surface area contributed by atoms with Crippen molar-refractivity contribution < 1.29 is 4.79 Å². The summed E-state index contributed by atoms with van der Waals surface area (Å²) in [6.07, 6.45) is 10.5. The van der Waals surface area contributed by atoms with E-state index in [0.717, 1.165) is 34.5 Å². The average molecular weight is 361 g/mol. The summed E-state index contributed by atoms with van der Waals surface area (Å²) in [5.41, 5.74) is 4.75.